The lowest BCUT2D eigenvalue weighted by atomic mass is 10.1. The highest BCUT2D eigenvalue weighted by atomic mass is 16.5. The molecule has 0 saturated carbocycles. The molecule has 0 fully saturated rings. The summed E-state index contributed by atoms with van der Waals surface area (Å²) in [6.07, 6.45) is 0. The second kappa shape index (κ2) is 11.3. The third kappa shape index (κ3) is 6.39. The van der Waals surface area contributed by atoms with Crippen LogP contribution >= 0.6 is 0 Å². The first-order chi connectivity index (χ1) is 14.0. The highest BCUT2D eigenvalue weighted by molar-refractivity contribution is 5.80. The van der Waals surface area contributed by atoms with Gasteiger partial charge < -0.3 is 25.0 Å². The molecular formula is C23H34N4O2. The van der Waals surface area contributed by atoms with Crippen LogP contribution in [-0.4, -0.2) is 52.3 Å². The Balaban J connectivity index is 2.19. The van der Waals surface area contributed by atoms with Crippen LogP contribution < -0.4 is 20.1 Å². The molecule has 0 bridgehead atoms. The van der Waals surface area contributed by atoms with E-state index in [0.29, 0.717) is 6.54 Å². The van der Waals surface area contributed by atoms with Crippen LogP contribution in [0.15, 0.2) is 53.5 Å². The smallest absolute Gasteiger partial charge is 0.191 e. The van der Waals surface area contributed by atoms with Gasteiger partial charge in [-0.1, -0.05) is 36.4 Å². The minimum absolute atomic E-state index is 0.109. The van der Waals surface area contributed by atoms with Crippen LogP contribution in [0.1, 0.15) is 37.1 Å². The van der Waals surface area contributed by atoms with Crippen molar-refractivity contribution in [3.05, 3.63) is 59.7 Å². The average Bonchev–Trinajstić information content (AvgIpc) is 2.74. The molecule has 29 heavy (non-hydrogen) atoms. The zero-order valence-electron chi connectivity index (χ0n) is 18.4. The number of rotatable bonds is 9. The Bertz CT molecular complexity index is 778. The van der Waals surface area contributed by atoms with Gasteiger partial charge in [0, 0.05) is 6.54 Å². The number of likely N-dealkylation sites (N-methyl/N-ethyl adjacent to an activating group) is 1. The van der Waals surface area contributed by atoms with Crippen molar-refractivity contribution in [3.8, 4) is 11.5 Å². The third-order valence-corrected chi connectivity index (χ3v) is 4.84. The molecule has 0 aliphatic heterocycles. The van der Waals surface area contributed by atoms with Crippen molar-refractivity contribution in [1.82, 2.24) is 15.5 Å². The van der Waals surface area contributed by atoms with Gasteiger partial charge in [-0.2, -0.15) is 0 Å². The molecule has 6 heteroatoms. The van der Waals surface area contributed by atoms with Crippen LogP contribution in [0, 0.1) is 0 Å². The summed E-state index contributed by atoms with van der Waals surface area (Å²) in [5.74, 6) is 2.25. The van der Waals surface area contributed by atoms with Gasteiger partial charge in [0.15, 0.2) is 17.5 Å². The van der Waals surface area contributed by atoms with Gasteiger partial charge in [0.25, 0.3) is 0 Å². The summed E-state index contributed by atoms with van der Waals surface area (Å²) in [5.41, 5.74) is 2.35. The molecule has 0 aliphatic carbocycles. The third-order valence-electron chi connectivity index (χ3n) is 4.84. The molecule has 158 valence electrons. The van der Waals surface area contributed by atoms with Crippen molar-refractivity contribution in [2.75, 3.05) is 41.4 Å². The van der Waals surface area contributed by atoms with E-state index in [9.17, 15) is 0 Å². The molecule has 2 atom stereocenters. The molecule has 6 nitrogen and oxygen atoms in total. The van der Waals surface area contributed by atoms with Gasteiger partial charge in [-0.25, -0.2) is 0 Å². The van der Waals surface area contributed by atoms with Gasteiger partial charge in [0.1, 0.15) is 0 Å². The normalized spacial score (nSPS) is 13.7. The van der Waals surface area contributed by atoms with Crippen molar-refractivity contribution >= 4 is 5.96 Å². The molecule has 2 aromatic rings. The number of methoxy groups -OCH3 is 2. The monoisotopic (exact) mass is 398 g/mol. The zero-order valence-corrected chi connectivity index (χ0v) is 18.4. The molecule has 0 saturated heterocycles. The maximum absolute atomic E-state index is 5.47. The first kappa shape index (κ1) is 22.6. The fourth-order valence-electron chi connectivity index (χ4n) is 3.15. The summed E-state index contributed by atoms with van der Waals surface area (Å²) in [6, 6.07) is 16.7. The highest BCUT2D eigenvalue weighted by Crippen LogP contribution is 2.31. The standard InChI is InChI=1S/C23H34N4O2/c1-7-24-23(26-17(2)18-11-9-8-10-12-18)25-16-20(27(3)4)19-13-14-21(28-5)22(15-19)29-6/h8-15,17,20H,7,16H2,1-6H3,(H2,24,25,26). The summed E-state index contributed by atoms with van der Waals surface area (Å²) in [6.45, 7) is 5.62. The molecule has 2 aromatic carbocycles. The predicted octanol–water partition coefficient (Wildman–Crippen LogP) is 3.62. The van der Waals surface area contributed by atoms with Crippen molar-refractivity contribution in [1.29, 1.82) is 0 Å². The molecule has 2 unspecified atom stereocenters. The van der Waals surface area contributed by atoms with Gasteiger partial charge in [0.05, 0.1) is 32.8 Å². The zero-order chi connectivity index (χ0) is 21.2. The molecule has 0 aliphatic rings. The molecule has 2 rings (SSSR count). The van der Waals surface area contributed by atoms with Gasteiger partial charge >= 0.3 is 0 Å². The van der Waals surface area contributed by atoms with Crippen molar-refractivity contribution in [3.63, 3.8) is 0 Å². The Hall–Kier alpha value is -2.73. The average molecular weight is 399 g/mol. The van der Waals surface area contributed by atoms with Crippen LogP contribution in [0.5, 0.6) is 11.5 Å². The lowest BCUT2D eigenvalue weighted by Gasteiger charge is -2.25. The second-order valence-corrected chi connectivity index (χ2v) is 7.09. The summed E-state index contributed by atoms with van der Waals surface area (Å²) in [5, 5.41) is 6.84. The van der Waals surface area contributed by atoms with E-state index >= 15 is 0 Å². The summed E-state index contributed by atoms with van der Waals surface area (Å²) in [4.78, 5) is 7.02. The number of nitrogens with zero attached hydrogens (tertiary/aromatic N) is 2. The summed E-state index contributed by atoms with van der Waals surface area (Å²) >= 11 is 0. The fraction of sp³-hybridized carbons (Fsp3) is 0.435. The molecular weight excluding hydrogens is 364 g/mol. The molecule has 0 radical (unpaired) electrons. The van der Waals surface area contributed by atoms with E-state index in [2.05, 4.69) is 73.8 Å². The molecule has 0 heterocycles. The SMILES string of the molecule is CCNC(=NCC(c1ccc(OC)c(OC)c1)N(C)C)NC(C)c1ccccc1. The fourth-order valence-corrected chi connectivity index (χ4v) is 3.15. The Morgan fingerprint density at radius 1 is 1.00 bits per heavy atom. The number of nitrogens with one attached hydrogen (secondary N) is 2. The Morgan fingerprint density at radius 3 is 2.28 bits per heavy atom. The number of aliphatic imine (C=N–C) groups is 1. The summed E-state index contributed by atoms with van der Waals surface area (Å²) in [7, 11) is 7.42. The van der Waals surface area contributed by atoms with Gasteiger partial charge in [-0.3, -0.25) is 4.99 Å². The van der Waals surface area contributed by atoms with E-state index in [1.165, 1.54) is 5.56 Å². The Morgan fingerprint density at radius 2 is 1.69 bits per heavy atom. The van der Waals surface area contributed by atoms with Crippen LogP contribution in [-0.2, 0) is 0 Å². The highest BCUT2D eigenvalue weighted by Gasteiger charge is 2.17. The minimum atomic E-state index is 0.109. The van der Waals surface area contributed by atoms with E-state index in [4.69, 9.17) is 14.5 Å². The largest absolute Gasteiger partial charge is 0.493 e. The van der Waals surface area contributed by atoms with Gasteiger partial charge in [-0.05, 0) is 51.2 Å². The Labute approximate surface area is 174 Å². The molecule has 0 spiro atoms. The molecule has 0 aromatic heterocycles. The topological polar surface area (TPSA) is 58.1 Å². The van der Waals surface area contributed by atoms with Crippen LogP contribution in [0.25, 0.3) is 0 Å². The lowest BCUT2D eigenvalue weighted by molar-refractivity contribution is 0.303. The van der Waals surface area contributed by atoms with E-state index in [-0.39, 0.29) is 12.1 Å². The van der Waals surface area contributed by atoms with E-state index in [0.717, 1.165) is 29.6 Å². The van der Waals surface area contributed by atoms with Gasteiger partial charge in [0.2, 0.25) is 0 Å². The Kier molecular flexibility index (Phi) is 8.80. The number of benzene rings is 2. The van der Waals surface area contributed by atoms with Crippen molar-refractivity contribution in [2.45, 2.75) is 25.9 Å². The predicted molar refractivity (Wildman–Crippen MR) is 120 cm³/mol. The van der Waals surface area contributed by atoms with E-state index < -0.39 is 0 Å². The van der Waals surface area contributed by atoms with Crippen LogP contribution in [0.4, 0.5) is 0 Å². The number of hydrogen-bond acceptors (Lipinski definition) is 4. The number of guanidine groups is 1. The van der Waals surface area contributed by atoms with E-state index in [1.54, 1.807) is 14.2 Å². The first-order valence-electron chi connectivity index (χ1n) is 9.98. The quantitative estimate of drug-likeness (QED) is 0.499. The minimum Gasteiger partial charge on any atom is -0.493 e. The van der Waals surface area contributed by atoms with Crippen LogP contribution in [0.2, 0.25) is 0 Å². The van der Waals surface area contributed by atoms with Gasteiger partial charge in [-0.15, -0.1) is 0 Å². The van der Waals surface area contributed by atoms with Crippen molar-refractivity contribution < 1.29 is 9.47 Å². The van der Waals surface area contributed by atoms with Crippen LogP contribution in [0.3, 0.4) is 0 Å². The molecule has 0 amide bonds. The maximum atomic E-state index is 5.47. The van der Waals surface area contributed by atoms with E-state index in [1.807, 2.05) is 18.2 Å². The van der Waals surface area contributed by atoms with Crippen molar-refractivity contribution in [2.24, 2.45) is 4.99 Å². The number of ether oxygens (including phenoxy) is 2. The lowest BCUT2D eigenvalue weighted by Crippen LogP contribution is -2.39. The second-order valence-electron chi connectivity index (χ2n) is 7.09. The summed E-state index contributed by atoms with van der Waals surface area (Å²) < 4.78 is 10.8. The first-order valence-corrected chi connectivity index (χ1v) is 9.98. The number of hydrogen-bond donors (Lipinski definition) is 2. The molecule has 2 N–H and O–H groups in total. The maximum Gasteiger partial charge on any atom is 0.191 e.